The maximum atomic E-state index is 11.9. The largest absolute Gasteiger partial charge is 0.351 e. The molecule has 110 valence electrons. The van der Waals surface area contributed by atoms with Gasteiger partial charge < -0.3 is 10.2 Å². The molecule has 0 atom stereocenters. The van der Waals surface area contributed by atoms with E-state index in [4.69, 9.17) is 23.2 Å². The van der Waals surface area contributed by atoms with Crippen molar-refractivity contribution in [1.29, 1.82) is 0 Å². The van der Waals surface area contributed by atoms with Gasteiger partial charge in [-0.05, 0) is 19.9 Å². The molecule has 5 nitrogen and oxygen atoms in total. The van der Waals surface area contributed by atoms with E-state index in [2.05, 4.69) is 10.3 Å². The zero-order valence-corrected chi connectivity index (χ0v) is 13.0. The average molecular weight is 318 g/mol. The summed E-state index contributed by atoms with van der Waals surface area (Å²) in [4.78, 5) is 29.1. The van der Waals surface area contributed by atoms with Gasteiger partial charge in [-0.15, -0.1) is 0 Å². The normalized spacial score (nSPS) is 10.2. The van der Waals surface area contributed by atoms with Gasteiger partial charge in [-0.3, -0.25) is 9.59 Å². The predicted octanol–water partition coefficient (Wildman–Crippen LogP) is 2.38. The van der Waals surface area contributed by atoms with Gasteiger partial charge in [0.1, 0.15) is 5.15 Å². The van der Waals surface area contributed by atoms with Crippen molar-refractivity contribution in [3.63, 3.8) is 0 Å². The van der Waals surface area contributed by atoms with Gasteiger partial charge in [0.2, 0.25) is 5.91 Å². The Kier molecular flexibility index (Phi) is 6.75. The van der Waals surface area contributed by atoms with Crippen molar-refractivity contribution >= 4 is 35.0 Å². The van der Waals surface area contributed by atoms with Crippen LogP contribution in [0.15, 0.2) is 12.3 Å². The molecule has 2 amide bonds. The smallest absolute Gasteiger partial charge is 0.252 e. The van der Waals surface area contributed by atoms with Crippen molar-refractivity contribution < 1.29 is 9.59 Å². The van der Waals surface area contributed by atoms with Crippen molar-refractivity contribution in [2.45, 2.75) is 20.3 Å². The summed E-state index contributed by atoms with van der Waals surface area (Å²) in [6, 6.07) is 1.39. The number of nitrogens with zero attached hydrogens (tertiary/aromatic N) is 2. The van der Waals surface area contributed by atoms with E-state index in [9.17, 15) is 9.59 Å². The highest BCUT2D eigenvalue weighted by molar-refractivity contribution is 6.35. The Bertz CT molecular complexity index is 491. The lowest BCUT2D eigenvalue weighted by Gasteiger charge is -2.18. The number of nitrogens with one attached hydrogen (secondary N) is 1. The van der Waals surface area contributed by atoms with Crippen LogP contribution in [0.4, 0.5) is 0 Å². The molecule has 0 aromatic carbocycles. The number of aromatic nitrogens is 1. The molecule has 7 heteroatoms. The molecule has 1 heterocycles. The van der Waals surface area contributed by atoms with Gasteiger partial charge in [0.15, 0.2) is 0 Å². The number of carbonyl (C=O) groups is 2. The van der Waals surface area contributed by atoms with E-state index in [1.165, 1.54) is 12.3 Å². The van der Waals surface area contributed by atoms with E-state index in [1.807, 2.05) is 13.8 Å². The van der Waals surface area contributed by atoms with E-state index in [-0.39, 0.29) is 40.5 Å². The minimum Gasteiger partial charge on any atom is -0.351 e. The van der Waals surface area contributed by atoms with Crippen LogP contribution >= 0.6 is 23.2 Å². The first-order chi connectivity index (χ1) is 9.49. The van der Waals surface area contributed by atoms with Crippen molar-refractivity contribution in [2.75, 3.05) is 19.6 Å². The molecule has 20 heavy (non-hydrogen) atoms. The molecule has 0 spiro atoms. The molecule has 1 rings (SSSR count). The highest BCUT2D eigenvalue weighted by Gasteiger charge is 2.13. The quantitative estimate of drug-likeness (QED) is 0.819. The second-order valence-electron chi connectivity index (χ2n) is 4.06. The number of hydrogen-bond acceptors (Lipinski definition) is 3. The fourth-order valence-electron chi connectivity index (χ4n) is 1.70. The van der Waals surface area contributed by atoms with Gasteiger partial charge in [-0.25, -0.2) is 4.98 Å². The minimum absolute atomic E-state index is 0.00848. The third kappa shape index (κ3) is 4.65. The van der Waals surface area contributed by atoms with Gasteiger partial charge in [0, 0.05) is 32.3 Å². The summed E-state index contributed by atoms with van der Waals surface area (Å²) < 4.78 is 0. The fraction of sp³-hybridized carbons (Fsp3) is 0.462. The van der Waals surface area contributed by atoms with Crippen molar-refractivity contribution in [1.82, 2.24) is 15.2 Å². The van der Waals surface area contributed by atoms with Crippen LogP contribution in [-0.2, 0) is 4.79 Å². The molecular formula is C13H17Cl2N3O2. The zero-order valence-electron chi connectivity index (χ0n) is 11.4. The lowest BCUT2D eigenvalue weighted by molar-refractivity contribution is -0.130. The van der Waals surface area contributed by atoms with Crippen molar-refractivity contribution in [2.24, 2.45) is 0 Å². The van der Waals surface area contributed by atoms with Crippen molar-refractivity contribution in [3.05, 3.63) is 28.0 Å². The maximum Gasteiger partial charge on any atom is 0.252 e. The molecule has 1 N–H and O–H groups in total. The topological polar surface area (TPSA) is 62.3 Å². The van der Waals surface area contributed by atoms with Crippen molar-refractivity contribution in [3.8, 4) is 0 Å². The van der Waals surface area contributed by atoms with E-state index < -0.39 is 0 Å². The number of amides is 2. The standard InChI is InChI=1S/C13H17Cl2N3O2/c1-3-18(4-2)12(19)5-6-16-13(20)9-7-11(15)17-8-10(9)14/h7-8H,3-6H2,1-2H3,(H,16,20). The second kappa shape index (κ2) is 8.07. The number of carbonyl (C=O) groups excluding carboxylic acids is 2. The van der Waals surface area contributed by atoms with Crippen LogP contribution in [0.25, 0.3) is 0 Å². The Hall–Kier alpha value is -1.33. The fourth-order valence-corrected chi connectivity index (χ4v) is 2.05. The van der Waals surface area contributed by atoms with E-state index in [0.717, 1.165) is 0 Å². The number of halogens is 2. The van der Waals surface area contributed by atoms with Gasteiger partial charge >= 0.3 is 0 Å². The summed E-state index contributed by atoms with van der Waals surface area (Å²) in [7, 11) is 0. The van der Waals surface area contributed by atoms with Crippen LogP contribution in [0.5, 0.6) is 0 Å². The van der Waals surface area contributed by atoms with E-state index in [0.29, 0.717) is 13.1 Å². The molecule has 0 saturated heterocycles. The Morgan fingerprint density at radius 1 is 1.30 bits per heavy atom. The summed E-state index contributed by atoms with van der Waals surface area (Å²) in [6.45, 7) is 5.41. The Morgan fingerprint density at radius 2 is 1.95 bits per heavy atom. The second-order valence-corrected chi connectivity index (χ2v) is 4.85. The maximum absolute atomic E-state index is 11.9. The summed E-state index contributed by atoms with van der Waals surface area (Å²) in [5.41, 5.74) is 0.252. The Balaban J connectivity index is 2.52. The lowest BCUT2D eigenvalue weighted by Crippen LogP contribution is -2.34. The first-order valence-electron chi connectivity index (χ1n) is 6.36. The molecule has 0 aliphatic rings. The van der Waals surface area contributed by atoms with Gasteiger partial charge in [-0.1, -0.05) is 23.2 Å². The van der Waals surface area contributed by atoms with Gasteiger partial charge in [0.25, 0.3) is 5.91 Å². The van der Waals surface area contributed by atoms with E-state index in [1.54, 1.807) is 4.90 Å². The highest BCUT2D eigenvalue weighted by Crippen LogP contribution is 2.17. The number of pyridine rings is 1. The summed E-state index contributed by atoms with van der Waals surface area (Å²) in [6.07, 6.45) is 1.57. The van der Waals surface area contributed by atoms with Crippen LogP contribution in [0, 0.1) is 0 Å². The van der Waals surface area contributed by atoms with Crippen LogP contribution in [0.3, 0.4) is 0 Å². The molecule has 0 radical (unpaired) electrons. The Morgan fingerprint density at radius 3 is 2.55 bits per heavy atom. The highest BCUT2D eigenvalue weighted by atomic mass is 35.5. The van der Waals surface area contributed by atoms with Crippen LogP contribution in [-0.4, -0.2) is 41.3 Å². The summed E-state index contributed by atoms with van der Waals surface area (Å²) in [5, 5.41) is 3.06. The molecule has 1 aromatic heterocycles. The molecular weight excluding hydrogens is 301 g/mol. The predicted molar refractivity (Wildman–Crippen MR) is 79.1 cm³/mol. The SMILES string of the molecule is CCN(CC)C(=O)CCNC(=O)c1cc(Cl)ncc1Cl. The van der Waals surface area contributed by atoms with Crippen LogP contribution in [0.2, 0.25) is 10.2 Å². The molecule has 0 bridgehead atoms. The van der Waals surface area contributed by atoms with Gasteiger partial charge in [-0.2, -0.15) is 0 Å². The molecule has 0 aliphatic heterocycles. The Labute approximate surface area is 128 Å². The first-order valence-corrected chi connectivity index (χ1v) is 7.12. The monoisotopic (exact) mass is 317 g/mol. The third-order valence-corrected chi connectivity index (χ3v) is 3.32. The van der Waals surface area contributed by atoms with E-state index >= 15 is 0 Å². The summed E-state index contributed by atoms with van der Waals surface area (Å²) in [5.74, 6) is -0.360. The minimum atomic E-state index is -0.369. The first kappa shape index (κ1) is 16.7. The van der Waals surface area contributed by atoms with Crippen LogP contribution in [0.1, 0.15) is 30.6 Å². The molecule has 0 saturated carbocycles. The molecule has 0 fully saturated rings. The number of rotatable bonds is 6. The summed E-state index contributed by atoms with van der Waals surface area (Å²) >= 11 is 11.6. The lowest BCUT2D eigenvalue weighted by atomic mass is 10.2. The molecule has 1 aromatic rings. The molecule has 0 aliphatic carbocycles. The number of hydrogen-bond donors (Lipinski definition) is 1. The molecule has 0 unspecified atom stereocenters. The average Bonchev–Trinajstić information content (AvgIpc) is 2.42. The van der Waals surface area contributed by atoms with Crippen LogP contribution < -0.4 is 5.32 Å². The zero-order chi connectivity index (χ0) is 15.1. The van der Waals surface area contributed by atoms with Gasteiger partial charge in [0.05, 0.1) is 10.6 Å². The third-order valence-electron chi connectivity index (χ3n) is 2.81.